The van der Waals surface area contributed by atoms with Gasteiger partial charge >= 0.3 is 0 Å². The molecule has 0 radical (unpaired) electrons. The summed E-state index contributed by atoms with van der Waals surface area (Å²) in [7, 11) is 1.86. The molecule has 0 atom stereocenters. The maximum Gasteiger partial charge on any atom is 0.258 e. The van der Waals surface area contributed by atoms with Crippen molar-refractivity contribution in [3.8, 4) is 0 Å². The first-order valence-corrected chi connectivity index (χ1v) is 8.57. The second kappa shape index (κ2) is 5.77. The molecule has 5 nitrogen and oxygen atoms in total. The van der Waals surface area contributed by atoms with Crippen LogP contribution in [0.2, 0.25) is 5.02 Å². The quantitative estimate of drug-likeness (QED) is 0.729. The van der Waals surface area contributed by atoms with Crippen molar-refractivity contribution in [2.45, 2.75) is 19.9 Å². The lowest BCUT2D eigenvalue weighted by Gasteiger charge is -2.28. The van der Waals surface area contributed by atoms with Crippen LogP contribution in [0.4, 0.5) is 0 Å². The Morgan fingerprint density at radius 1 is 1.28 bits per heavy atom. The fourth-order valence-corrected chi connectivity index (χ4v) is 3.87. The van der Waals surface area contributed by atoms with Crippen LogP contribution in [0.5, 0.6) is 0 Å². The zero-order valence-corrected chi connectivity index (χ0v) is 14.9. The zero-order valence-electron chi connectivity index (χ0n) is 14.1. The standard InChI is InChI=1S/C19H18ClN3O2/c1-11-8-21-18(24)16-15(10-22(2)17(11)16)19(25)23-6-5-12-7-14(20)4-3-13(12)9-23/h3-4,7-8,10H,5-6,9H2,1-2H3,(H,21,24). The van der Waals surface area contributed by atoms with Gasteiger partial charge in [-0.3, -0.25) is 9.59 Å². The summed E-state index contributed by atoms with van der Waals surface area (Å²) in [6, 6.07) is 5.78. The Labute approximate surface area is 149 Å². The number of aromatic nitrogens is 2. The van der Waals surface area contributed by atoms with Gasteiger partial charge < -0.3 is 14.5 Å². The molecule has 0 unspecified atom stereocenters. The molecule has 1 aliphatic heterocycles. The summed E-state index contributed by atoms with van der Waals surface area (Å²) in [6.07, 6.45) is 4.20. The number of benzene rings is 1. The van der Waals surface area contributed by atoms with Gasteiger partial charge in [0.1, 0.15) is 0 Å². The molecule has 4 rings (SSSR count). The SMILES string of the molecule is Cc1c[nH]c(=O)c2c(C(=O)N3CCc4cc(Cl)ccc4C3)cn(C)c12. The molecular formula is C19H18ClN3O2. The number of carbonyl (C=O) groups is 1. The Morgan fingerprint density at radius 3 is 2.88 bits per heavy atom. The third-order valence-corrected chi connectivity index (χ3v) is 5.14. The number of aromatic amines is 1. The molecule has 1 aliphatic rings. The van der Waals surface area contributed by atoms with E-state index in [2.05, 4.69) is 4.98 Å². The largest absolute Gasteiger partial charge is 0.349 e. The minimum absolute atomic E-state index is 0.109. The summed E-state index contributed by atoms with van der Waals surface area (Å²) in [6.45, 7) is 3.07. The molecule has 0 bridgehead atoms. The van der Waals surface area contributed by atoms with Crippen LogP contribution >= 0.6 is 11.6 Å². The second-order valence-electron chi connectivity index (χ2n) is 6.57. The van der Waals surface area contributed by atoms with E-state index in [1.54, 1.807) is 17.3 Å². The molecular weight excluding hydrogens is 338 g/mol. The first-order valence-electron chi connectivity index (χ1n) is 8.19. The number of fused-ring (bicyclic) bond motifs is 2. The molecule has 128 valence electrons. The minimum atomic E-state index is -0.228. The topological polar surface area (TPSA) is 58.1 Å². The van der Waals surface area contributed by atoms with E-state index < -0.39 is 0 Å². The van der Waals surface area contributed by atoms with Gasteiger partial charge in [-0.25, -0.2) is 0 Å². The summed E-state index contributed by atoms with van der Waals surface area (Å²) >= 11 is 6.05. The average molecular weight is 356 g/mol. The Kier molecular flexibility index (Phi) is 3.69. The molecule has 2 aromatic heterocycles. The van der Waals surface area contributed by atoms with Crippen molar-refractivity contribution in [3.05, 3.63) is 68.2 Å². The average Bonchev–Trinajstić information content (AvgIpc) is 2.96. The molecule has 3 heterocycles. The Bertz CT molecular complexity index is 1060. The van der Waals surface area contributed by atoms with E-state index in [4.69, 9.17) is 11.6 Å². The number of rotatable bonds is 1. The fourth-order valence-electron chi connectivity index (χ4n) is 3.67. The number of pyridine rings is 1. The third kappa shape index (κ3) is 2.55. The number of halogens is 1. The Hall–Kier alpha value is -2.53. The number of aryl methyl sites for hydroxylation is 2. The van der Waals surface area contributed by atoms with Gasteiger partial charge in [-0.1, -0.05) is 17.7 Å². The highest BCUT2D eigenvalue weighted by molar-refractivity contribution is 6.30. The molecule has 25 heavy (non-hydrogen) atoms. The molecule has 1 aromatic carbocycles. The number of hydrogen-bond donors (Lipinski definition) is 1. The smallest absolute Gasteiger partial charge is 0.258 e. The van der Waals surface area contributed by atoms with Crippen LogP contribution < -0.4 is 5.56 Å². The van der Waals surface area contributed by atoms with Gasteiger partial charge in [-0.2, -0.15) is 0 Å². The number of nitrogens with zero attached hydrogens (tertiary/aromatic N) is 2. The van der Waals surface area contributed by atoms with Gasteiger partial charge in [0.05, 0.1) is 16.5 Å². The highest BCUT2D eigenvalue weighted by atomic mass is 35.5. The summed E-state index contributed by atoms with van der Waals surface area (Å²) in [4.78, 5) is 30.0. The summed E-state index contributed by atoms with van der Waals surface area (Å²) < 4.78 is 1.85. The number of H-pyrrole nitrogens is 1. The Morgan fingerprint density at radius 2 is 2.08 bits per heavy atom. The van der Waals surface area contributed by atoms with Crippen LogP contribution in [-0.2, 0) is 20.0 Å². The van der Waals surface area contributed by atoms with Crippen molar-refractivity contribution in [1.29, 1.82) is 0 Å². The van der Waals surface area contributed by atoms with Crippen LogP contribution in [0.1, 0.15) is 27.0 Å². The highest BCUT2D eigenvalue weighted by Gasteiger charge is 2.26. The lowest BCUT2D eigenvalue weighted by molar-refractivity contribution is 0.0736. The van der Waals surface area contributed by atoms with Crippen molar-refractivity contribution in [2.24, 2.45) is 7.05 Å². The predicted molar refractivity (Wildman–Crippen MR) is 98.2 cm³/mol. The van der Waals surface area contributed by atoms with Crippen molar-refractivity contribution in [1.82, 2.24) is 14.5 Å². The van der Waals surface area contributed by atoms with E-state index in [-0.39, 0.29) is 11.5 Å². The van der Waals surface area contributed by atoms with Crippen molar-refractivity contribution < 1.29 is 4.79 Å². The van der Waals surface area contributed by atoms with Crippen LogP contribution in [0.25, 0.3) is 10.9 Å². The summed E-state index contributed by atoms with van der Waals surface area (Å²) in [5.74, 6) is -0.109. The summed E-state index contributed by atoms with van der Waals surface area (Å²) in [5.41, 5.74) is 4.26. The number of hydrogen-bond acceptors (Lipinski definition) is 2. The van der Waals surface area contributed by atoms with E-state index in [1.165, 1.54) is 5.56 Å². The van der Waals surface area contributed by atoms with Crippen molar-refractivity contribution >= 4 is 28.4 Å². The van der Waals surface area contributed by atoms with Crippen LogP contribution in [0.15, 0.2) is 35.4 Å². The third-order valence-electron chi connectivity index (χ3n) is 4.90. The monoisotopic (exact) mass is 355 g/mol. The van der Waals surface area contributed by atoms with Crippen LogP contribution in [0.3, 0.4) is 0 Å². The maximum atomic E-state index is 13.1. The minimum Gasteiger partial charge on any atom is -0.349 e. The van der Waals surface area contributed by atoms with E-state index in [9.17, 15) is 9.59 Å². The van der Waals surface area contributed by atoms with Gasteiger partial charge in [-0.15, -0.1) is 0 Å². The van der Waals surface area contributed by atoms with E-state index in [0.717, 1.165) is 28.1 Å². The molecule has 0 aliphatic carbocycles. The van der Waals surface area contributed by atoms with E-state index in [1.807, 2.05) is 36.7 Å². The fraction of sp³-hybridized carbons (Fsp3) is 0.263. The van der Waals surface area contributed by atoms with Crippen LogP contribution in [0, 0.1) is 6.92 Å². The first kappa shape index (κ1) is 16.0. The van der Waals surface area contributed by atoms with Crippen LogP contribution in [-0.4, -0.2) is 26.9 Å². The maximum absolute atomic E-state index is 13.1. The molecule has 0 spiro atoms. The highest BCUT2D eigenvalue weighted by Crippen LogP contribution is 2.26. The van der Waals surface area contributed by atoms with E-state index >= 15 is 0 Å². The Balaban J connectivity index is 1.75. The van der Waals surface area contributed by atoms with Gasteiger partial charge in [-0.05, 0) is 42.2 Å². The molecule has 0 saturated heterocycles. The van der Waals surface area contributed by atoms with Crippen molar-refractivity contribution in [3.63, 3.8) is 0 Å². The van der Waals surface area contributed by atoms with Gasteiger partial charge in [0.2, 0.25) is 0 Å². The molecule has 0 fully saturated rings. The lowest BCUT2D eigenvalue weighted by Crippen LogP contribution is -2.36. The van der Waals surface area contributed by atoms with Gasteiger partial charge in [0.15, 0.2) is 0 Å². The molecule has 6 heteroatoms. The van der Waals surface area contributed by atoms with Crippen molar-refractivity contribution in [2.75, 3.05) is 6.54 Å². The normalized spacial score (nSPS) is 14.0. The predicted octanol–water partition coefficient (Wildman–Crippen LogP) is 3.03. The van der Waals surface area contributed by atoms with Gasteiger partial charge in [0.25, 0.3) is 11.5 Å². The van der Waals surface area contributed by atoms with Gasteiger partial charge in [0, 0.05) is 37.6 Å². The second-order valence-corrected chi connectivity index (χ2v) is 7.00. The molecule has 1 N–H and O–H groups in total. The number of carbonyl (C=O) groups excluding carboxylic acids is 1. The molecule has 0 saturated carbocycles. The number of amides is 1. The van der Waals surface area contributed by atoms with E-state index in [0.29, 0.717) is 24.0 Å². The molecule has 3 aromatic rings. The number of nitrogens with one attached hydrogen (secondary N) is 1. The zero-order chi connectivity index (χ0) is 17.7. The first-order chi connectivity index (χ1) is 12.0. The molecule has 1 amide bonds. The summed E-state index contributed by atoms with van der Waals surface area (Å²) in [5, 5.41) is 1.18. The lowest BCUT2D eigenvalue weighted by atomic mass is 9.99.